The van der Waals surface area contributed by atoms with Crippen LogP contribution in [0.3, 0.4) is 0 Å². The smallest absolute Gasteiger partial charge is 0.411 e. The summed E-state index contributed by atoms with van der Waals surface area (Å²) in [5.41, 5.74) is -0.498. The van der Waals surface area contributed by atoms with Crippen molar-refractivity contribution in [2.45, 2.75) is 58.1 Å². The fourth-order valence-electron chi connectivity index (χ4n) is 3.02. The maximum Gasteiger partial charge on any atom is 0.411 e. The Hall–Kier alpha value is -2.42. The SMILES string of the molecule is CC(=O)N[C@H]1[C@@H](C(=O)N(F)Cc2cccc(Cl)c2)N(C(=O)OC(C)(C)C)C[C@@H]1F. The van der Waals surface area contributed by atoms with Crippen molar-refractivity contribution in [2.75, 3.05) is 6.54 Å². The van der Waals surface area contributed by atoms with Crippen LogP contribution in [0.4, 0.5) is 13.7 Å². The fraction of sp³-hybridized carbons (Fsp3) is 0.526. The Morgan fingerprint density at radius 3 is 2.55 bits per heavy atom. The van der Waals surface area contributed by atoms with Crippen molar-refractivity contribution in [2.24, 2.45) is 0 Å². The molecule has 1 heterocycles. The summed E-state index contributed by atoms with van der Waals surface area (Å²) in [6, 6.07) is 3.24. The highest BCUT2D eigenvalue weighted by Gasteiger charge is 2.51. The van der Waals surface area contributed by atoms with Crippen molar-refractivity contribution in [1.29, 1.82) is 0 Å². The predicted molar refractivity (Wildman–Crippen MR) is 102 cm³/mol. The Labute approximate surface area is 172 Å². The van der Waals surface area contributed by atoms with Gasteiger partial charge in [0, 0.05) is 11.9 Å². The van der Waals surface area contributed by atoms with Crippen molar-refractivity contribution in [1.82, 2.24) is 15.3 Å². The van der Waals surface area contributed by atoms with Gasteiger partial charge in [-0.1, -0.05) is 28.2 Å². The number of nitrogens with zero attached hydrogens (tertiary/aromatic N) is 2. The zero-order chi connectivity index (χ0) is 21.9. The number of rotatable bonds is 4. The highest BCUT2D eigenvalue weighted by atomic mass is 35.5. The minimum atomic E-state index is -1.76. The van der Waals surface area contributed by atoms with Gasteiger partial charge in [0.1, 0.15) is 17.8 Å². The van der Waals surface area contributed by atoms with Crippen LogP contribution >= 0.6 is 11.6 Å². The Morgan fingerprint density at radius 2 is 2.00 bits per heavy atom. The molecule has 29 heavy (non-hydrogen) atoms. The first-order valence-corrected chi connectivity index (χ1v) is 9.39. The van der Waals surface area contributed by atoms with Crippen LogP contribution in [0.1, 0.15) is 33.3 Å². The highest BCUT2D eigenvalue weighted by Crippen LogP contribution is 2.26. The zero-order valence-electron chi connectivity index (χ0n) is 16.6. The molecule has 10 heteroatoms. The van der Waals surface area contributed by atoms with E-state index in [1.165, 1.54) is 6.07 Å². The van der Waals surface area contributed by atoms with Crippen LogP contribution in [-0.4, -0.2) is 58.3 Å². The van der Waals surface area contributed by atoms with Crippen molar-refractivity contribution in [3.8, 4) is 0 Å². The number of carbonyl (C=O) groups excluding carboxylic acids is 3. The Kier molecular flexibility index (Phi) is 7.05. The van der Waals surface area contributed by atoms with Crippen LogP contribution in [0.2, 0.25) is 5.02 Å². The monoisotopic (exact) mass is 431 g/mol. The standard InChI is InChI=1S/C19H24ClF2N3O4/c1-11(26)23-15-14(21)10-24(18(28)29-19(2,3)4)16(15)17(27)25(22)9-12-6-5-7-13(20)8-12/h5-8,14-16H,9-10H2,1-4H3,(H,23,26)/t14-,15+,16-/m0/s1. The average Bonchev–Trinajstić information content (AvgIpc) is 2.89. The second kappa shape index (κ2) is 8.94. The van der Waals surface area contributed by atoms with Gasteiger partial charge < -0.3 is 10.1 Å². The second-order valence-electron chi connectivity index (χ2n) is 7.81. The Morgan fingerprint density at radius 1 is 1.34 bits per heavy atom. The molecule has 0 aromatic heterocycles. The van der Waals surface area contributed by atoms with E-state index in [1.54, 1.807) is 39.0 Å². The summed E-state index contributed by atoms with van der Waals surface area (Å²) < 4.78 is 34.5. The normalized spacial score (nSPS) is 21.6. The van der Waals surface area contributed by atoms with Gasteiger partial charge in [0.15, 0.2) is 0 Å². The third-order valence-electron chi connectivity index (χ3n) is 4.14. The van der Waals surface area contributed by atoms with E-state index < -0.39 is 54.9 Å². The molecule has 1 saturated heterocycles. The summed E-state index contributed by atoms with van der Waals surface area (Å²) in [5.74, 6) is -1.78. The van der Waals surface area contributed by atoms with Gasteiger partial charge >= 0.3 is 6.09 Å². The Bertz CT molecular complexity index is 787. The van der Waals surface area contributed by atoms with Gasteiger partial charge in [-0.25, -0.2) is 9.18 Å². The van der Waals surface area contributed by atoms with E-state index in [2.05, 4.69) is 5.32 Å². The summed E-state index contributed by atoms with van der Waals surface area (Å²) in [7, 11) is 0. The van der Waals surface area contributed by atoms with E-state index in [0.29, 0.717) is 10.6 Å². The number of nitrogens with one attached hydrogen (secondary N) is 1. The molecule has 3 atom stereocenters. The van der Waals surface area contributed by atoms with E-state index in [1.807, 2.05) is 0 Å². The van der Waals surface area contributed by atoms with Crippen LogP contribution in [0.5, 0.6) is 0 Å². The van der Waals surface area contributed by atoms with Crippen LogP contribution in [0, 0.1) is 0 Å². The third kappa shape index (κ3) is 6.03. The zero-order valence-corrected chi connectivity index (χ0v) is 17.4. The van der Waals surface area contributed by atoms with Gasteiger partial charge in [-0.3, -0.25) is 14.5 Å². The summed E-state index contributed by atoms with van der Waals surface area (Å²) in [4.78, 5) is 37.6. The molecule has 0 unspecified atom stereocenters. The number of alkyl halides is 1. The summed E-state index contributed by atoms with van der Waals surface area (Å²) in [5, 5.41) is 2.54. The lowest BCUT2D eigenvalue weighted by Crippen LogP contribution is -2.55. The van der Waals surface area contributed by atoms with Gasteiger partial charge in [-0.2, -0.15) is 5.12 Å². The average molecular weight is 432 g/mol. The number of likely N-dealkylation sites (tertiary alicyclic amines) is 1. The van der Waals surface area contributed by atoms with E-state index in [4.69, 9.17) is 16.3 Å². The fourth-order valence-corrected chi connectivity index (χ4v) is 3.24. The van der Waals surface area contributed by atoms with E-state index in [9.17, 15) is 23.3 Å². The topological polar surface area (TPSA) is 79.0 Å². The number of hydrogen-bond acceptors (Lipinski definition) is 4. The molecular formula is C19H24ClF2N3O4. The molecule has 0 saturated carbocycles. The molecule has 1 aliphatic heterocycles. The summed E-state index contributed by atoms with van der Waals surface area (Å²) >= 11 is 5.87. The van der Waals surface area contributed by atoms with E-state index >= 15 is 0 Å². The van der Waals surface area contributed by atoms with Gasteiger partial charge in [-0.15, -0.1) is 0 Å². The largest absolute Gasteiger partial charge is 0.444 e. The van der Waals surface area contributed by atoms with Gasteiger partial charge in [0.2, 0.25) is 5.91 Å². The van der Waals surface area contributed by atoms with Crippen molar-refractivity contribution in [3.63, 3.8) is 0 Å². The van der Waals surface area contributed by atoms with Gasteiger partial charge in [-0.05, 0) is 38.5 Å². The third-order valence-corrected chi connectivity index (χ3v) is 4.37. The number of hydrogen-bond donors (Lipinski definition) is 1. The molecule has 0 spiro atoms. The van der Waals surface area contributed by atoms with Crippen LogP contribution < -0.4 is 5.32 Å². The molecule has 0 radical (unpaired) electrons. The number of amides is 3. The quantitative estimate of drug-likeness (QED) is 0.743. The number of halogens is 3. The molecule has 7 nitrogen and oxygen atoms in total. The van der Waals surface area contributed by atoms with E-state index in [0.717, 1.165) is 11.8 Å². The molecular weight excluding hydrogens is 408 g/mol. The summed E-state index contributed by atoms with van der Waals surface area (Å²) in [6.07, 6.45) is -2.73. The lowest BCUT2D eigenvalue weighted by atomic mass is 10.1. The number of carbonyl (C=O) groups is 3. The van der Waals surface area contributed by atoms with Crippen LogP contribution in [-0.2, 0) is 20.9 Å². The van der Waals surface area contributed by atoms with Crippen LogP contribution in [0.25, 0.3) is 0 Å². The molecule has 1 aliphatic rings. The Balaban J connectivity index is 2.27. The maximum atomic E-state index is 14.7. The molecule has 1 fully saturated rings. The lowest BCUT2D eigenvalue weighted by molar-refractivity contribution is -0.153. The highest BCUT2D eigenvalue weighted by molar-refractivity contribution is 6.30. The number of benzene rings is 1. The predicted octanol–water partition coefficient (Wildman–Crippen LogP) is 3.02. The molecule has 0 bridgehead atoms. The number of ether oxygens (including phenoxy) is 1. The minimum Gasteiger partial charge on any atom is -0.444 e. The molecule has 2 rings (SSSR count). The van der Waals surface area contributed by atoms with Crippen molar-refractivity contribution < 1.29 is 28.0 Å². The first-order chi connectivity index (χ1) is 13.4. The second-order valence-corrected chi connectivity index (χ2v) is 8.24. The molecule has 1 aromatic rings. The first kappa shape index (κ1) is 22.9. The van der Waals surface area contributed by atoms with Crippen LogP contribution in [0.15, 0.2) is 24.3 Å². The van der Waals surface area contributed by atoms with Crippen molar-refractivity contribution in [3.05, 3.63) is 34.9 Å². The molecule has 1 N–H and O–H groups in total. The van der Waals surface area contributed by atoms with E-state index in [-0.39, 0.29) is 5.12 Å². The van der Waals surface area contributed by atoms with Gasteiger partial charge in [0.05, 0.1) is 19.1 Å². The van der Waals surface area contributed by atoms with Gasteiger partial charge in [0.25, 0.3) is 5.91 Å². The van der Waals surface area contributed by atoms with Crippen molar-refractivity contribution >= 4 is 29.5 Å². The molecule has 0 aliphatic carbocycles. The molecule has 3 amide bonds. The summed E-state index contributed by atoms with van der Waals surface area (Å²) in [6.45, 7) is 5.00. The first-order valence-electron chi connectivity index (χ1n) is 9.01. The lowest BCUT2D eigenvalue weighted by Gasteiger charge is -2.30. The minimum absolute atomic E-state index is 0.124. The maximum absolute atomic E-state index is 14.7. The molecule has 160 valence electrons. The molecule has 1 aromatic carbocycles.